The summed E-state index contributed by atoms with van der Waals surface area (Å²) < 4.78 is 0. The number of hydrogen-bond acceptors (Lipinski definition) is 2. The van der Waals surface area contributed by atoms with E-state index in [0.29, 0.717) is 11.0 Å². The molecule has 2 fully saturated rings. The third-order valence-corrected chi connectivity index (χ3v) is 5.37. The average molecular weight is 330 g/mol. The van der Waals surface area contributed by atoms with Crippen molar-refractivity contribution in [3.05, 3.63) is 30.3 Å². The van der Waals surface area contributed by atoms with Crippen molar-refractivity contribution < 1.29 is 0 Å². The van der Waals surface area contributed by atoms with Gasteiger partial charge in [-0.05, 0) is 62.4 Å². The van der Waals surface area contributed by atoms with Crippen molar-refractivity contribution in [3.63, 3.8) is 0 Å². The molecule has 2 aliphatic rings. The number of para-hydroxylation sites is 1. The second-order valence-corrected chi connectivity index (χ2v) is 7.19. The number of rotatable bonds is 3. The van der Waals surface area contributed by atoms with Gasteiger partial charge in [0.15, 0.2) is 5.11 Å². The molecule has 3 nitrogen and oxygen atoms in total. The Bertz CT molecular complexity index is 535. The van der Waals surface area contributed by atoms with Crippen LogP contribution >= 0.6 is 12.2 Å². The molecule has 0 aliphatic heterocycles. The molecule has 2 N–H and O–H groups in total. The van der Waals surface area contributed by atoms with Crippen LogP contribution in [0.3, 0.4) is 0 Å². The lowest BCUT2D eigenvalue weighted by Crippen LogP contribution is -2.32. The molecule has 0 bridgehead atoms. The summed E-state index contributed by atoms with van der Waals surface area (Å²) in [5.41, 5.74) is 5.42. The van der Waals surface area contributed by atoms with Crippen molar-refractivity contribution in [2.45, 2.75) is 57.8 Å². The molecular formula is C19H27N3S. The molecule has 1 aromatic rings. The second kappa shape index (κ2) is 8.44. The molecule has 0 amide bonds. The van der Waals surface area contributed by atoms with Crippen molar-refractivity contribution in [3.8, 4) is 0 Å². The van der Waals surface area contributed by atoms with E-state index < -0.39 is 0 Å². The average Bonchev–Trinajstić information content (AvgIpc) is 2.62. The Morgan fingerprint density at radius 1 is 0.957 bits per heavy atom. The van der Waals surface area contributed by atoms with Crippen LogP contribution in [0.15, 0.2) is 35.4 Å². The Labute approximate surface area is 144 Å². The van der Waals surface area contributed by atoms with Crippen LogP contribution in [0, 0.1) is 11.8 Å². The molecule has 1 atom stereocenters. The van der Waals surface area contributed by atoms with Crippen LogP contribution in [0.1, 0.15) is 57.8 Å². The van der Waals surface area contributed by atoms with Crippen LogP contribution < -0.4 is 10.7 Å². The third-order valence-electron chi connectivity index (χ3n) is 5.18. The van der Waals surface area contributed by atoms with Gasteiger partial charge in [0.2, 0.25) is 0 Å². The first-order valence-corrected chi connectivity index (χ1v) is 9.42. The van der Waals surface area contributed by atoms with E-state index in [9.17, 15) is 0 Å². The predicted molar refractivity (Wildman–Crippen MR) is 102 cm³/mol. The van der Waals surface area contributed by atoms with Crippen LogP contribution in [-0.4, -0.2) is 10.8 Å². The summed E-state index contributed by atoms with van der Waals surface area (Å²) in [5, 5.41) is 8.47. The molecule has 4 heteroatoms. The molecular weight excluding hydrogens is 302 g/mol. The molecule has 3 rings (SSSR count). The summed E-state index contributed by atoms with van der Waals surface area (Å²) in [6.07, 6.45) is 12.0. The van der Waals surface area contributed by atoms with E-state index in [1.54, 1.807) is 0 Å². The van der Waals surface area contributed by atoms with Gasteiger partial charge in [0, 0.05) is 17.3 Å². The van der Waals surface area contributed by atoms with Gasteiger partial charge in [0.25, 0.3) is 0 Å². The molecule has 2 saturated carbocycles. The maximum Gasteiger partial charge on any atom is 0.191 e. The number of thiocarbonyl (C=S) groups is 1. The molecule has 0 aromatic heterocycles. The van der Waals surface area contributed by atoms with E-state index in [1.165, 1.54) is 57.1 Å². The lowest BCUT2D eigenvalue weighted by molar-refractivity contribution is 0.274. The Morgan fingerprint density at radius 2 is 1.70 bits per heavy atom. The van der Waals surface area contributed by atoms with Crippen molar-refractivity contribution >= 4 is 28.7 Å². The van der Waals surface area contributed by atoms with Gasteiger partial charge in [0.05, 0.1) is 0 Å². The number of benzene rings is 1. The van der Waals surface area contributed by atoms with Gasteiger partial charge in [-0.25, -0.2) is 0 Å². The normalized spacial score (nSPS) is 24.3. The smallest absolute Gasteiger partial charge is 0.191 e. The van der Waals surface area contributed by atoms with Crippen LogP contribution in [0.2, 0.25) is 0 Å². The van der Waals surface area contributed by atoms with E-state index >= 15 is 0 Å². The summed E-state index contributed by atoms with van der Waals surface area (Å²) in [6.45, 7) is 0. The Hall–Kier alpha value is -1.42. The second-order valence-electron chi connectivity index (χ2n) is 6.79. The monoisotopic (exact) mass is 329 g/mol. The fourth-order valence-corrected chi connectivity index (χ4v) is 4.17. The Balaban J connectivity index is 1.58. The zero-order chi connectivity index (χ0) is 15.9. The Morgan fingerprint density at radius 3 is 2.48 bits per heavy atom. The van der Waals surface area contributed by atoms with Gasteiger partial charge in [-0.1, -0.05) is 43.9 Å². The molecule has 0 radical (unpaired) electrons. The minimum absolute atomic E-state index is 0.580. The van der Waals surface area contributed by atoms with Gasteiger partial charge in [0.1, 0.15) is 0 Å². The summed E-state index contributed by atoms with van der Waals surface area (Å²) in [7, 11) is 0. The quantitative estimate of drug-likeness (QED) is 0.598. The van der Waals surface area contributed by atoms with E-state index in [1.807, 2.05) is 30.3 Å². The summed E-state index contributed by atoms with van der Waals surface area (Å²) in [5.74, 6) is 1.52. The van der Waals surface area contributed by atoms with Crippen molar-refractivity contribution in [1.82, 2.24) is 5.43 Å². The van der Waals surface area contributed by atoms with Crippen molar-refractivity contribution in [2.24, 2.45) is 16.9 Å². The number of hydrazone groups is 1. The summed E-state index contributed by atoms with van der Waals surface area (Å²) in [4.78, 5) is 0. The topological polar surface area (TPSA) is 36.4 Å². The molecule has 0 spiro atoms. The van der Waals surface area contributed by atoms with Gasteiger partial charge in [-0.2, -0.15) is 5.10 Å². The molecule has 23 heavy (non-hydrogen) atoms. The molecule has 0 heterocycles. The SMILES string of the molecule is S=C(N/N=C1\CCCCC1C1CCCCC1)Nc1ccccc1. The highest BCUT2D eigenvalue weighted by Crippen LogP contribution is 2.36. The fraction of sp³-hybridized carbons (Fsp3) is 0.579. The number of anilines is 1. The summed E-state index contributed by atoms with van der Waals surface area (Å²) in [6, 6.07) is 10.0. The van der Waals surface area contributed by atoms with Gasteiger partial charge in [-0.3, -0.25) is 5.43 Å². The highest BCUT2D eigenvalue weighted by molar-refractivity contribution is 7.80. The van der Waals surface area contributed by atoms with Gasteiger partial charge >= 0.3 is 0 Å². The van der Waals surface area contributed by atoms with E-state index in [4.69, 9.17) is 17.3 Å². The van der Waals surface area contributed by atoms with Crippen LogP contribution in [0.4, 0.5) is 5.69 Å². The number of hydrogen-bond donors (Lipinski definition) is 2. The van der Waals surface area contributed by atoms with Crippen molar-refractivity contribution in [2.75, 3.05) is 5.32 Å². The largest absolute Gasteiger partial charge is 0.331 e. The minimum atomic E-state index is 0.580. The highest BCUT2D eigenvalue weighted by Gasteiger charge is 2.29. The van der Waals surface area contributed by atoms with Crippen LogP contribution in [0.25, 0.3) is 0 Å². The fourth-order valence-electron chi connectivity index (χ4n) is 4.01. The third kappa shape index (κ3) is 4.77. The van der Waals surface area contributed by atoms with Crippen LogP contribution in [-0.2, 0) is 0 Å². The lowest BCUT2D eigenvalue weighted by atomic mass is 9.72. The maximum atomic E-state index is 5.37. The lowest BCUT2D eigenvalue weighted by Gasteiger charge is -2.34. The number of nitrogens with zero attached hydrogens (tertiary/aromatic N) is 1. The van der Waals surface area contributed by atoms with Gasteiger partial charge in [-0.15, -0.1) is 0 Å². The first-order valence-electron chi connectivity index (χ1n) is 9.01. The first kappa shape index (κ1) is 16.4. The van der Waals surface area contributed by atoms with E-state index in [0.717, 1.165) is 18.0 Å². The van der Waals surface area contributed by atoms with Crippen molar-refractivity contribution in [1.29, 1.82) is 0 Å². The van der Waals surface area contributed by atoms with Crippen LogP contribution in [0.5, 0.6) is 0 Å². The van der Waals surface area contributed by atoms with E-state index in [-0.39, 0.29) is 0 Å². The van der Waals surface area contributed by atoms with E-state index in [2.05, 4.69) is 10.7 Å². The molecule has 0 saturated heterocycles. The molecule has 124 valence electrons. The minimum Gasteiger partial charge on any atom is -0.331 e. The predicted octanol–water partition coefficient (Wildman–Crippen LogP) is 5.10. The maximum absolute atomic E-state index is 5.37. The molecule has 1 aromatic carbocycles. The number of nitrogens with one attached hydrogen (secondary N) is 2. The standard InChI is InChI=1S/C19H27N3S/c23-19(20-16-11-5-2-6-12-16)22-21-18-14-8-7-13-17(18)15-9-3-1-4-10-15/h2,5-6,11-12,15,17H,1,3-4,7-10,13-14H2,(H2,20,22,23)/b21-18+. The summed E-state index contributed by atoms with van der Waals surface area (Å²) >= 11 is 5.37. The zero-order valence-electron chi connectivity index (χ0n) is 13.8. The first-order chi connectivity index (χ1) is 11.3. The Kier molecular flexibility index (Phi) is 6.03. The highest BCUT2D eigenvalue weighted by atomic mass is 32.1. The zero-order valence-corrected chi connectivity index (χ0v) is 14.6. The molecule has 2 aliphatic carbocycles. The van der Waals surface area contributed by atoms with Gasteiger partial charge < -0.3 is 5.32 Å². The molecule has 1 unspecified atom stereocenters.